The molecule has 0 spiro atoms. The van der Waals surface area contributed by atoms with Crippen LogP contribution in [-0.4, -0.2) is 9.55 Å². The van der Waals surface area contributed by atoms with Crippen molar-refractivity contribution in [2.75, 3.05) is 0 Å². The molecule has 0 aliphatic heterocycles. The first kappa shape index (κ1) is 10.1. The maximum absolute atomic E-state index is 5.66. The maximum Gasteiger partial charge on any atom is 0.177 e. The highest BCUT2D eigenvalue weighted by Gasteiger charge is 2.13. The summed E-state index contributed by atoms with van der Waals surface area (Å²) in [4.78, 5) is 4.64. The molecule has 1 aromatic carbocycles. The van der Waals surface area contributed by atoms with Crippen LogP contribution in [0.4, 0.5) is 0 Å². The molecule has 3 heteroatoms. The first-order chi connectivity index (χ1) is 8.29. The highest BCUT2D eigenvalue weighted by Crippen LogP contribution is 2.25. The van der Waals surface area contributed by atoms with E-state index in [1.165, 1.54) is 0 Å². The Morgan fingerprint density at radius 3 is 2.71 bits per heavy atom. The molecule has 2 aromatic heterocycles. The van der Waals surface area contributed by atoms with Crippen molar-refractivity contribution in [1.82, 2.24) is 9.55 Å². The summed E-state index contributed by atoms with van der Waals surface area (Å²) in [6.45, 7) is 4.95. The lowest BCUT2D eigenvalue weighted by molar-refractivity contribution is 0.540. The van der Waals surface area contributed by atoms with Crippen LogP contribution in [0.2, 0.25) is 0 Å². The van der Waals surface area contributed by atoms with Gasteiger partial charge in [-0.15, -0.1) is 0 Å². The van der Waals surface area contributed by atoms with Gasteiger partial charge in [0.05, 0.1) is 11.0 Å². The number of aromatic nitrogens is 2. The Labute approximate surface area is 99.7 Å². The number of para-hydroxylation sites is 2. The SMILES string of the molecule is CCn1c(-c2ccc(C)o2)nc2ccccc21. The Bertz CT molecular complexity index is 664. The zero-order valence-corrected chi connectivity index (χ0v) is 9.97. The summed E-state index contributed by atoms with van der Waals surface area (Å²) in [7, 11) is 0. The van der Waals surface area contributed by atoms with E-state index in [1.54, 1.807) is 0 Å². The molecule has 0 radical (unpaired) electrons. The van der Waals surface area contributed by atoms with E-state index >= 15 is 0 Å². The van der Waals surface area contributed by atoms with E-state index in [1.807, 2.05) is 37.3 Å². The van der Waals surface area contributed by atoms with Gasteiger partial charge >= 0.3 is 0 Å². The number of furan rings is 1. The summed E-state index contributed by atoms with van der Waals surface area (Å²) in [5.74, 6) is 2.65. The Morgan fingerprint density at radius 2 is 2.00 bits per heavy atom. The van der Waals surface area contributed by atoms with Crippen LogP contribution in [0.1, 0.15) is 12.7 Å². The van der Waals surface area contributed by atoms with Gasteiger partial charge in [0.2, 0.25) is 0 Å². The van der Waals surface area contributed by atoms with Gasteiger partial charge in [-0.25, -0.2) is 4.98 Å². The minimum atomic E-state index is 0.834. The molecule has 86 valence electrons. The standard InChI is InChI=1S/C14H14N2O/c1-3-16-12-7-5-4-6-11(12)15-14(16)13-9-8-10(2)17-13/h4-9H,3H2,1-2H3. The molecule has 0 saturated carbocycles. The Morgan fingerprint density at radius 1 is 1.18 bits per heavy atom. The van der Waals surface area contributed by atoms with Crippen molar-refractivity contribution in [1.29, 1.82) is 0 Å². The summed E-state index contributed by atoms with van der Waals surface area (Å²) in [6.07, 6.45) is 0. The van der Waals surface area contributed by atoms with Crippen molar-refractivity contribution in [2.24, 2.45) is 0 Å². The lowest BCUT2D eigenvalue weighted by atomic mass is 10.3. The summed E-state index contributed by atoms with van der Waals surface area (Å²) >= 11 is 0. The van der Waals surface area contributed by atoms with E-state index in [4.69, 9.17) is 4.42 Å². The van der Waals surface area contributed by atoms with Crippen LogP contribution in [0.5, 0.6) is 0 Å². The van der Waals surface area contributed by atoms with Crippen LogP contribution in [0.15, 0.2) is 40.8 Å². The van der Waals surface area contributed by atoms with Crippen molar-refractivity contribution in [2.45, 2.75) is 20.4 Å². The zero-order valence-electron chi connectivity index (χ0n) is 9.97. The lowest BCUT2D eigenvalue weighted by Gasteiger charge is -2.02. The van der Waals surface area contributed by atoms with Gasteiger partial charge in [0.15, 0.2) is 11.6 Å². The molecule has 3 nitrogen and oxygen atoms in total. The van der Waals surface area contributed by atoms with Gasteiger partial charge in [-0.3, -0.25) is 0 Å². The monoisotopic (exact) mass is 226 g/mol. The highest BCUT2D eigenvalue weighted by molar-refractivity contribution is 5.79. The molecule has 17 heavy (non-hydrogen) atoms. The number of hydrogen-bond acceptors (Lipinski definition) is 2. The van der Waals surface area contributed by atoms with E-state index in [0.717, 1.165) is 34.9 Å². The second-order valence-corrected chi connectivity index (χ2v) is 4.08. The van der Waals surface area contributed by atoms with E-state index in [0.29, 0.717) is 0 Å². The van der Waals surface area contributed by atoms with Gasteiger partial charge in [-0.2, -0.15) is 0 Å². The van der Waals surface area contributed by atoms with Crippen LogP contribution < -0.4 is 0 Å². The predicted octanol–water partition coefficient (Wildman–Crippen LogP) is 3.62. The fourth-order valence-electron chi connectivity index (χ4n) is 2.14. The van der Waals surface area contributed by atoms with Gasteiger partial charge in [-0.05, 0) is 38.1 Å². The second kappa shape index (κ2) is 3.77. The van der Waals surface area contributed by atoms with Gasteiger partial charge in [-0.1, -0.05) is 12.1 Å². The molecule has 2 heterocycles. The van der Waals surface area contributed by atoms with E-state index in [-0.39, 0.29) is 0 Å². The molecule has 0 aliphatic carbocycles. The Balaban J connectivity index is 2.29. The van der Waals surface area contributed by atoms with Crippen molar-refractivity contribution < 1.29 is 4.42 Å². The third kappa shape index (κ3) is 1.55. The quantitative estimate of drug-likeness (QED) is 0.668. The molecule has 3 rings (SSSR count). The number of imidazole rings is 1. The molecular formula is C14H14N2O. The maximum atomic E-state index is 5.66. The first-order valence-electron chi connectivity index (χ1n) is 5.81. The van der Waals surface area contributed by atoms with Crippen LogP contribution in [0, 0.1) is 6.92 Å². The summed E-state index contributed by atoms with van der Waals surface area (Å²) in [6, 6.07) is 12.1. The predicted molar refractivity (Wildman–Crippen MR) is 67.8 cm³/mol. The van der Waals surface area contributed by atoms with Crippen molar-refractivity contribution in [3.05, 3.63) is 42.2 Å². The van der Waals surface area contributed by atoms with Crippen LogP contribution in [0.3, 0.4) is 0 Å². The molecule has 0 unspecified atom stereocenters. The minimum Gasteiger partial charge on any atom is -0.458 e. The van der Waals surface area contributed by atoms with E-state index < -0.39 is 0 Å². The number of benzene rings is 1. The number of fused-ring (bicyclic) bond motifs is 1. The van der Waals surface area contributed by atoms with Crippen molar-refractivity contribution in [3.8, 4) is 11.6 Å². The third-order valence-electron chi connectivity index (χ3n) is 2.93. The van der Waals surface area contributed by atoms with Gasteiger partial charge < -0.3 is 8.98 Å². The molecule has 0 N–H and O–H groups in total. The molecule has 0 bridgehead atoms. The van der Waals surface area contributed by atoms with Crippen LogP contribution >= 0.6 is 0 Å². The molecule has 3 aromatic rings. The smallest absolute Gasteiger partial charge is 0.177 e. The highest BCUT2D eigenvalue weighted by atomic mass is 16.3. The number of aryl methyl sites for hydroxylation is 2. The van der Waals surface area contributed by atoms with Crippen LogP contribution in [-0.2, 0) is 6.54 Å². The van der Waals surface area contributed by atoms with Crippen molar-refractivity contribution >= 4 is 11.0 Å². The summed E-state index contributed by atoms with van der Waals surface area (Å²) in [5.41, 5.74) is 2.16. The van der Waals surface area contributed by atoms with Gasteiger partial charge in [0.25, 0.3) is 0 Å². The summed E-state index contributed by atoms with van der Waals surface area (Å²) in [5, 5.41) is 0. The molecule has 0 atom stereocenters. The Hall–Kier alpha value is -2.03. The van der Waals surface area contributed by atoms with Crippen LogP contribution in [0.25, 0.3) is 22.6 Å². The third-order valence-corrected chi connectivity index (χ3v) is 2.93. The molecule has 0 amide bonds. The lowest BCUT2D eigenvalue weighted by Crippen LogP contribution is -1.96. The van der Waals surface area contributed by atoms with E-state index in [9.17, 15) is 0 Å². The molecule has 0 fully saturated rings. The van der Waals surface area contributed by atoms with Crippen molar-refractivity contribution in [3.63, 3.8) is 0 Å². The number of rotatable bonds is 2. The summed E-state index contributed by atoms with van der Waals surface area (Å²) < 4.78 is 7.83. The molecular weight excluding hydrogens is 212 g/mol. The number of hydrogen-bond donors (Lipinski definition) is 0. The molecule has 0 aliphatic rings. The average molecular weight is 226 g/mol. The second-order valence-electron chi connectivity index (χ2n) is 4.08. The topological polar surface area (TPSA) is 31.0 Å². The first-order valence-corrected chi connectivity index (χ1v) is 5.81. The largest absolute Gasteiger partial charge is 0.458 e. The van der Waals surface area contributed by atoms with Gasteiger partial charge in [0, 0.05) is 6.54 Å². The Kier molecular flexibility index (Phi) is 2.25. The fourth-order valence-corrected chi connectivity index (χ4v) is 2.14. The zero-order chi connectivity index (χ0) is 11.8. The van der Waals surface area contributed by atoms with Gasteiger partial charge in [0.1, 0.15) is 5.76 Å². The fraction of sp³-hybridized carbons (Fsp3) is 0.214. The normalized spacial score (nSPS) is 11.2. The number of nitrogens with zero attached hydrogens (tertiary/aromatic N) is 2. The van der Waals surface area contributed by atoms with E-state index in [2.05, 4.69) is 22.5 Å². The minimum absolute atomic E-state index is 0.834. The average Bonchev–Trinajstić information content (AvgIpc) is 2.91. The molecule has 0 saturated heterocycles.